The molecule has 0 aliphatic rings. The van der Waals surface area contributed by atoms with Gasteiger partial charge >= 0.3 is 0 Å². The number of hydrogen-bond donors (Lipinski definition) is 0. The molecule has 0 atom stereocenters. The highest BCUT2D eigenvalue weighted by Gasteiger charge is 2.06. The average molecular weight is 1390 g/mol. The van der Waals surface area contributed by atoms with Crippen molar-refractivity contribution in [2.24, 2.45) is 0 Å². The van der Waals surface area contributed by atoms with Crippen molar-refractivity contribution in [3.63, 3.8) is 0 Å². The SMILES string of the molecule is CC.CC.CC.CC.CC.CC.CC.CC.CC.CC.CC.CC.Cc1ccc(-c2ccc(-c3cccc(C)c3)cc2)cc1.Cc1ccc(-c2ccc(-c3ccccc3C)cc2)cc1.Cc1ccc(-c2cccc(-c3ccc(C)cc3)c2)cc1.Cc1ccc(-c2cccc(-c3cccc(C)c3)c2)cc1. The van der Waals surface area contributed by atoms with Gasteiger partial charge in [0.25, 0.3) is 0 Å². The molecule has 0 heteroatoms. The lowest BCUT2D eigenvalue weighted by Crippen LogP contribution is -1.83. The first-order valence-corrected chi connectivity index (χ1v) is 39.9. The molecule has 12 aromatic carbocycles. The molecule has 0 aromatic heterocycles. The van der Waals surface area contributed by atoms with E-state index in [1.165, 1.54) is 134 Å². The average Bonchev–Trinajstić information content (AvgIpc) is 0.853. The van der Waals surface area contributed by atoms with Crippen LogP contribution in [0.15, 0.2) is 291 Å². The number of hydrogen-bond acceptors (Lipinski definition) is 0. The maximum absolute atomic E-state index is 2.26. The van der Waals surface area contributed by atoms with Crippen molar-refractivity contribution in [3.05, 3.63) is 336 Å². The maximum atomic E-state index is 2.26. The number of benzene rings is 12. The Balaban J connectivity index is -0.000000583. The van der Waals surface area contributed by atoms with E-state index in [1.807, 2.05) is 166 Å². The Bertz CT molecular complexity index is 3820. The molecule has 0 unspecified atom stereocenters. The molecular weight excluding hydrogens is 1250 g/mol. The zero-order valence-corrected chi connectivity index (χ0v) is 71.7. The smallest absolute Gasteiger partial charge is 0.0155 e. The molecule has 0 aliphatic carbocycles. The van der Waals surface area contributed by atoms with Gasteiger partial charge in [-0.1, -0.05) is 484 Å². The van der Waals surface area contributed by atoms with Crippen molar-refractivity contribution < 1.29 is 0 Å². The van der Waals surface area contributed by atoms with Gasteiger partial charge in [0.15, 0.2) is 0 Å². The van der Waals surface area contributed by atoms with E-state index in [0.717, 1.165) is 0 Å². The molecule has 0 saturated carbocycles. The van der Waals surface area contributed by atoms with Crippen LogP contribution in [0.2, 0.25) is 0 Å². The first kappa shape index (κ1) is 101. The molecule has 0 N–H and O–H groups in total. The van der Waals surface area contributed by atoms with E-state index < -0.39 is 0 Å². The van der Waals surface area contributed by atoms with Gasteiger partial charge in [0.05, 0.1) is 0 Å². The van der Waals surface area contributed by atoms with Gasteiger partial charge in [0.2, 0.25) is 0 Å². The van der Waals surface area contributed by atoms with Gasteiger partial charge in [-0.05, 0) is 162 Å². The highest BCUT2D eigenvalue weighted by atomic mass is 14.1. The third-order valence-corrected chi connectivity index (χ3v) is 14.6. The molecule has 0 amide bonds. The molecule has 12 aromatic rings. The zero-order valence-electron chi connectivity index (χ0n) is 71.7. The summed E-state index contributed by atoms with van der Waals surface area (Å²) in [6.45, 7) is 65.0. The van der Waals surface area contributed by atoms with E-state index in [1.54, 1.807) is 0 Å². The van der Waals surface area contributed by atoms with Gasteiger partial charge in [-0.15, -0.1) is 0 Å². The highest BCUT2D eigenvalue weighted by Crippen LogP contribution is 2.31. The van der Waals surface area contributed by atoms with Crippen LogP contribution in [0.25, 0.3) is 89.0 Å². The topological polar surface area (TPSA) is 0 Å². The minimum Gasteiger partial charge on any atom is -0.0683 e. The first-order chi connectivity index (χ1) is 50.9. The summed E-state index contributed by atoms with van der Waals surface area (Å²) < 4.78 is 0. The van der Waals surface area contributed by atoms with Crippen LogP contribution < -0.4 is 0 Å². The summed E-state index contributed by atoms with van der Waals surface area (Å²) in [7, 11) is 0. The predicted molar refractivity (Wildman–Crippen MR) is 483 cm³/mol. The molecule has 0 heterocycles. The van der Waals surface area contributed by atoms with Crippen molar-refractivity contribution in [2.75, 3.05) is 0 Å². The fraction of sp³-hybridized carbons (Fsp3) is 0.308. The van der Waals surface area contributed by atoms with Gasteiger partial charge in [-0.25, -0.2) is 0 Å². The van der Waals surface area contributed by atoms with Gasteiger partial charge in [0, 0.05) is 0 Å². The lowest BCUT2D eigenvalue weighted by molar-refractivity contribution is 1.45. The van der Waals surface area contributed by atoms with E-state index >= 15 is 0 Å². The van der Waals surface area contributed by atoms with E-state index in [4.69, 9.17) is 0 Å². The summed E-state index contributed by atoms with van der Waals surface area (Å²) in [5.74, 6) is 0. The predicted octanol–water partition coefficient (Wildman–Crippen LogP) is 34.9. The fourth-order valence-corrected chi connectivity index (χ4v) is 9.73. The van der Waals surface area contributed by atoms with E-state index in [9.17, 15) is 0 Å². The van der Waals surface area contributed by atoms with Gasteiger partial charge in [-0.2, -0.15) is 0 Å². The van der Waals surface area contributed by atoms with Crippen molar-refractivity contribution in [3.8, 4) is 89.0 Å². The Morgan fingerprint density at radius 2 is 0.279 bits per heavy atom. The second kappa shape index (κ2) is 65.6. The lowest BCUT2D eigenvalue weighted by Gasteiger charge is -2.07. The van der Waals surface area contributed by atoms with E-state index in [-0.39, 0.29) is 0 Å². The molecule has 0 fully saturated rings. The van der Waals surface area contributed by atoms with Crippen LogP contribution >= 0.6 is 0 Å². The summed E-state index contributed by atoms with van der Waals surface area (Å²) in [6.07, 6.45) is 0. The molecule has 0 spiro atoms. The van der Waals surface area contributed by atoms with Gasteiger partial charge < -0.3 is 0 Å². The molecule has 0 saturated heterocycles. The maximum Gasteiger partial charge on any atom is -0.0155 e. The first-order valence-electron chi connectivity index (χ1n) is 39.9. The Labute approximate surface area is 642 Å². The van der Waals surface area contributed by atoms with Crippen LogP contribution in [0.1, 0.15) is 211 Å². The molecule has 560 valence electrons. The Hall–Kier alpha value is -9.36. The Morgan fingerprint density at radius 1 is 0.115 bits per heavy atom. The monoisotopic (exact) mass is 1390 g/mol. The van der Waals surface area contributed by atoms with Crippen LogP contribution in [0, 0.1) is 55.4 Å². The van der Waals surface area contributed by atoms with Crippen LogP contribution in [0.3, 0.4) is 0 Å². The molecule has 104 heavy (non-hydrogen) atoms. The molecule has 0 radical (unpaired) electrons. The summed E-state index contributed by atoms with van der Waals surface area (Å²) >= 11 is 0. The summed E-state index contributed by atoms with van der Waals surface area (Å²) in [5.41, 5.74) is 30.7. The molecule has 0 aliphatic heterocycles. The van der Waals surface area contributed by atoms with Crippen molar-refractivity contribution in [1.82, 2.24) is 0 Å². The Kier molecular flexibility index (Phi) is 63.8. The minimum atomic E-state index is 1.27. The third kappa shape index (κ3) is 37.7. The van der Waals surface area contributed by atoms with Gasteiger partial charge in [-0.3, -0.25) is 0 Å². The van der Waals surface area contributed by atoms with Crippen molar-refractivity contribution >= 4 is 0 Å². The summed E-state index contributed by atoms with van der Waals surface area (Å²) in [4.78, 5) is 0. The second-order valence-corrected chi connectivity index (χ2v) is 21.2. The molecular formula is C104H144. The van der Waals surface area contributed by atoms with E-state index in [2.05, 4.69) is 347 Å². The van der Waals surface area contributed by atoms with Crippen molar-refractivity contribution in [2.45, 2.75) is 222 Å². The highest BCUT2D eigenvalue weighted by molar-refractivity contribution is 5.76. The quantitative estimate of drug-likeness (QED) is 0.142. The van der Waals surface area contributed by atoms with Crippen LogP contribution in [0.4, 0.5) is 0 Å². The molecule has 0 nitrogen and oxygen atoms in total. The standard InChI is InChI=1S/4C20H18.12C2H6/c1-15-9-11-17(12-10-15)19-7-4-8-20(14-19)18-6-3-5-16(2)13-18;1-15-6-10-17(11-7-15)19-4-3-5-20(14-19)18-12-8-16(2)9-13-18;1-15-6-8-17(9-7-15)18-10-12-19(13-11-18)20-5-3-4-16(2)14-20;1-15-7-9-17(10-8-15)18-11-13-19(14-12-18)20-6-4-3-5-16(20)2;12*1-2/h4*3-14H,1-2H3;12*1-2H3. The molecule has 12 rings (SSSR count). The van der Waals surface area contributed by atoms with E-state index in [0.29, 0.717) is 0 Å². The molecule has 0 bridgehead atoms. The summed E-state index contributed by atoms with van der Waals surface area (Å²) in [5, 5.41) is 0. The van der Waals surface area contributed by atoms with Crippen molar-refractivity contribution in [1.29, 1.82) is 0 Å². The summed E-state index contributed by atoms with van der Waals surface area (Å²) in [6, 6.07) is 104. The van der Waals surface area contributed by atoms with Crippen LogP contribution in [0.5, 0.6) is 0 Å². The zero-order chi connectivity index (χ0) is 79.8. The van der Waals surface area contributed by atoms with Gasteiger partial charge in [0.1, 0.15) is 0 Å². The normalized spacial score (nSPS) is 8.77. The number of rotatable bonds is 8. The number of aryl methyl sites for hydroxylation is 8. The van der Waals surface area contributed by atoms with Crippen LogP contribution in [-0.2, 0) is 0 Å². The lowest BCUT2D eigenvalue weighted by atomic mass is 9.97. The fourth-order valence-electron chi connectivity index (χ4n) is 9.73. The minimum absolute atomic E-state index is 1.27. The second-order valence-electron chi connectivity index (χ2n) is 21.2. The third-order valence-electron chi connectivity index (χ3n) is 14.6. The van der Waals surface area contributed by atoms with Crippen LogP contribution in [-0.4, -0.2) is 0 Å². The Morgan fingerprint density at radius 3 is 0.500 bits per heavy atom. The largest absolute Gasteiger partial charge is 0.0683 e.